The molecule has 0 fully saturated rings. The van der Waals surface area contributed by atoms with Crippen LogP contribution in [-0.4, -0.2) is 19.0 Å². The quantitative estimate of drug-likeness (QED) is 0.860. The van der Waals surface area contributed by atoms with Crippen molar-refractivity contribution in [3.63, 3.8) is 0 Å². The topological polar surface area (TPSA) is 46.3 Å². The number of halogens is 1. The van der Waals surface area contributed by atoms with Crippen LogP contribution in [0.25, 0.3) is 0 Å². The lowest BCUT2D eigenvalue weighted by molar-refractivity contribution is -0.128. The number of rotatable bonds is 6. The lowest BCUT2D eigenvalue weighted by Crippen LogP contribution is -2.48. The predicted octanol–water partition coefficient (Wildman–Crippen LogP) is 2.94. The highest BCUT2D eigenvalue weighted by Crippen LogP contribution is 2.31. The molecule has 0 bridgehead atoms. The predicted molar refractivity (Wildman–Crippen MR) is 76.5 cm³/mol. The molecule has 4 heteroatoms. The fourth-order valence-electron chi connectivity index (χ4n) is 2.31. The highest BCUT2D eigenvalue weighted by molar-refractivity contribution is 5.97. The Kier molecular flexibility index (Phi) is 5.48. The molecule has 3 nitrogen and oxygen atoms in total. The molecule has 0 aromatic heterocycles. The Morgan fingerprint density at radius 3 is 2.26 bits per heavy atom. The zero-order chi connectivity index (χ0) is 14.5. The van der Waals surface area contributed by atoms with Gasteiger partial charge in [0.15, 0.2) is 0 Å². The second-order valence-corrected chi connectivity index (χ2v) is 4.69. The van der Waals surface area contributed by atoms with Crippen LogP contribution in [0.1, 0.15) is 33.6 Å². The second-order valence-electron chi connectivity index (χ2n) is 4.69. The molecule has 0 heterocycles. The minimum absolute atomic E-state index is 0.0902. The SMILES string of the molecule is CCN(C(=O)C(CC)(CC)CN)c1ccccc1F. The van der Waals surface area contributed by atoms with Crippen LogP contribution >= 0.6 is 0 Å². The maximum Gasteiger partial charge on any atom is 0.234 e. The molecule has 1 aromatic carbocycles. The van der Waals surface area contributed by atoms with Crippen LogP contribution in [0.3, 0.4) is 0 Å². The van der Waals surface area contributed by atoms with E-state index in [9.17, 15) is 9.18 Å². The summed E-state index contributed by atoms with van der Waals surface area (Å²) in [6.45, 7) is 6.45. The van der Waals surface area contributed by atoms with E-state index in [0.29, 0.717) is 25.1 Å². The van der Waals surface area contributed by atoms with Crippen LogP contribution in [-0.2, 0) is 4.79 Å². The van der Waals surface area contributed by atoms with Crippen LogP contribution in [0.2, 0.25) is 0 Å². The van der Waals surface area contributed by atoms with Crippen LogP contribution in [0.15, 0.2) is 24.3 Å². The monoisotopic (exact) mass is 266 g/mol. The molecule has 0 saturated heterocycles. The second kappa shape index (κ2) is 6.66. The molecule has 0 radical (unpaired) electrons. The Balaban J connectivity index is 3.17. The highest BCUT2D eigenvalue weighted by atomic mass is 19.1. The Bertz CT molecular complexity index is 422. The van der Waals surface area contributed by atoms with Gasteiger partial charge >= 0.3 is 0 Å². The fourth-order valence-corrected chi connectivity index (χ4v) is 2.31. The van der Waals surface area contributed by atoms with Gasteiger partial charge in [-0.05, 0) is 31.9 Å². The third kappa shape index (κ3) is 2.95. The number of hydrogen-bond donors (Lipinski definition) is 1. The van der Waals surface area contributed by atoms with E-state index in [2.05, 4.69) is 0 Å². The van der Waals surface area contributed by atoms with E-state index in [1.807, 2.05) is 20.8 Å². The van der Waals surface area contributed by atoms with Crippen LogP contribution in [0.5, 0.6) is 0 Å². The van der Waals surface area contributed by atoms with Crippen molar-refractivity contribution in [2.45, 2.75) is 33.6 Å². The van der Waals surface area contributed by atoms with Gasteiger partial charge in [0.1, 0.15) is 5.82 Å². The minimum Gasteiger partial charge on any atom is -0.329 e. The third-order valence-electron chi connectivity index (χ3n) is 3.90. The number of para-hydroxylation sites is 1. The van der Waals surface area contributed by atoms with Crippen molar-refractivity contribution >= 4 is 11.6 Å². The maximum absolute atomic E-state index is 13.9. The average molecular weight is 266 g/mol. The van der Waals surface area contributed by atoms with Crippen molar-refractivity contribution in [3.05, 3.63) is 30.1 Å². The van der Waals surface area contributed by atoms with Gasteiger partial charge in [-0.2, -0.15) is 0 Å². The van der Waals surface area contributed by atoms with Crippen molar-refractivity contribution in [1.29, 1.82) is 0 Å². The zero-order valence-electron chi connectivity index (χ0n) is 11.9. The van der Waals surface area contributed by atoms with Crippen LogP contribution in [0.4, 0.5) is 10.1 Å². The van der Waals surface area contributed by atoms with Crippen molar-refractivity contribution in [2.24, 2.45) is 11.1 Å². The van der Waals surface area contributed by atoms with Gasteiger partial charge in [0, 0.05) is 13.1 Å². The van der Waals surface area contributed by atoms with Gasteiger partial charge in [0.25, 0.3) is 0 Å². The average Bonchev–Trinajstić information content (AvgIpc) is 2.44. The normalized spacial score (nSPS) is 11.4. The number of benzene rings is 1. The molecule has 19 heavy (non-hydrogen) atoms. The van der Waals surface area contributed by atoms with Crippen molar-refractivity contribution in [1.82, 2.24) is 0 Å². The molecule has 0 saturated carbocycles. The van der Waals surface area contributed by atoms with E-state index in [1.54, 1.807) is 18.2 Å². The Morgan fingerprint density at radius 2 is 1.84 bits per heavy atom. The molecule has 0 unspecified atom stereocenters. The molecule has 1 rings (SSSR count). The molecule has 0 atom stereocenters. The number of nitrogens with zero attached hydrogens (tertiary/aromatic N) is 1. The van der Waals surface area contributed by atoms with Crippen molar-refractivity contribution in [2.75, 3.05) is 18.0 Å². The first-order chi connectivity index (χ1) is 9.06. The van der Waals surface area contributed by atoms with Gasteiger partial charge in [0.2, 0.25) is 5.91 Å². The van der Waals surface area contributed by atoms with Crippen molar-refractivity contribution in [3.8, 4) is 0 Å². The molecular formula is C15H23FN2O. The van der Waals surface area contributed by atoms with E-state index in [1.165, 1.54) is 11.0 Å². The summed E-state index contributed by atoms with van der Waals surface area (Å²) in [5.74, 6) is -0.469. The maximum atomic E-state index is 13.9. The molecule has 2 N–H and O–H groups in total. The molecule has 0 aliphatic heterocycles. The minimum atomic E-state index is -0.599. The summed E-state index contributed by atoms with van der Waals surface area (Å²) in [7, 11) is 0. The largest absolute Gasteiger partial charge is 0.329 e. The summed E-state index contributed by atoms with van der Waals surface area (Å²) >= 11 is 0. The van der Waals surface area contributed by atoms with E-state index in [0.717, 1.165) is 0 Å². The Hall–Kier alpha value is -1.42. The molecule has 1 aromatic rings. The van der Waals surface area contributed by atoms with Gasteiger partial charge in [-0.3, -0.25) is 4.79 Å². The van der Waals surface area contributed by atoms with E-state index in [-0.39, 0.29) is 18.3 Å². The molecule has 0 aliphatic rings. The molecule has 1 amide bonds. The number of nitrogens with two attached hydrogens (primary N) is 1. The summed E-state index contributed by atoms with van der Waals surface area (Å²) in [5, 5.41) is 0. The van der Waals surface area contributed by atoms with Gasteiger partial charge in [-0.1, -0.05) is 26.0 Å². The molecular weight excluding hydrogens is 243 g/mol. The number of carbonyl (C=O) groups is 1. The summed E-state index contributed by atoms with van der Waals surface area (Å²) in [5.41, 5.74) is 5.53. The smallest absolute Gasteiger partial charge is 0.234 e. The number of amides is 1. The lowest BCUT2D eigenvalue weighted by Gasteiger charge is -2.34. The number of carbonyl (C=O) groups excluding carboxylic acids is 1. The van der Waals surface area contributed by atoms with Gasteiger partial charge in [0.05, 0.1) is 11.1 Å². The molecule has 106 valence electrons. The summed E-state index contributed by atoms with van der Waals surface area (Å²) in [6.07, 6.45) is 1.31. The van der Waals surface area contributed by atoms with Gasteiger partial charge in [-0.25, -0.2) is 4.39 Å². The first kappa shape index (κ1) is 15.6. The fraction of sp³-hybridized carbons (Fsp3) is 0.533. The zero-order valence-corrected chi connectivity index (χ0v) is 11.9. The lowest BCUT2D eigenvalue weighted by atomic mass is 9.80. The highest BCUT2D eigenvalue weighted by Gasteiger charge is 2.37. The van der Waals surface area contributed by atoms with E-state index in [4.69, 9.17) is 5.73 Å². The van der Waals surface area contributed by atoms with Crippen LogP contribution < -0.4 is 10.6 Å². The Morgan fingerprint density at radius 1 is 1.26 bits per heavy atom. The number of hydrogen-bond acceptors (Lipinski definition) is 2. The van der Waals surface area contributed by atoms with E-state index >= 15 is 0 Å². The van der Waals surface area contributed by atoms with E-state index < -0.39 is 5.41 Å². The first-order valence-corrected chi connectivity index (χ1v) is 6.82. The summed E-state index contributed by atoms with van der Waals surface area (Å²) in [6, 6.07) is 6.35. The summed E-state index contributed by atoms with van der Waals surface area (Å²) in [4.78, 5) is 14.2. The summed E-state index contributed by atoms with van der Waals surface area (Å²) < 4.78 is 13.9. The third-order valence-corrected chi connectivity index (χ3v) is 3.90. The standard InChI is InChI=1S/C15H23FN2O/c1-4-15(5-2,11-17)14(19)18(6-3)13-10-8-7-9-12(13)16/h7-10H,4-6,11,17H2,1-3H3. The van der Waals surface area contributed by atoms with Gasteiger partial charge in [-0.15, -0.1) is 0 Å². The first-order valence-electron chi connectivity index (χ1n) is 6.82. The van der Waals surface area contributed by atoms with Crippen LogP contribution in [0, 0.1) is 11.2 Å². The van der Waals surface area contributed by atoms with Crippen molar-refractivity contribution < 1.29 is 9.18 Å². The Labute approximate surface area is 114 Å². The number of anilines is 1. The molecule has 0 aliphatic carbocycles. The van der Waals surface area contributed by atoms with Gasteiger partial charge < -0.3 is 10.6 Å². The molecule has 0 spiro atoms.